The zero-order chi connectivity index (χ0) is 18.0. The van der Waals surface area contributed by atoms with Crippen molar-refractivity contribution in [3.8, 4) is 0 Å². The van der Waals surface area contributed by atoms with Gasteiger partial charge in [-0.15, -0.1) is 0 Å². The molecule has 1 unspecified atom stereocenters. The van der Waals surface area contributed by atoms with Gasteiger partial charge in [0.2, 0.25) is 5.91 Å². The fraction of sp³-hybridized carbons (Fsp3) is 0.714. The summed E-state index contributed by atoms with van der Waals surface area (Å²) in [5, 5.41) is 0. The van der Waals surface area contributed by atoms with E-state index in [1.165, 1.54) is 32.4 Å². The van der Waals surface area contributed by atoms with Crippen molar-refractivity contribution < 1.29 is 9.53 Å². The van der Waals surface area contributed by atoms with Crippen molar-refractivity contribution >= 4 is 5.91 Å². The van der Waals surface area contributed by atoms with Gasteiger partial charge in [0.05, 0.1) is 13.0 Å². The third kappa shape index (κ3) is 3.52. The number of pyridine rings is 1. The normalized spacial score (nSPS) is 26.2. The molecule has 0 bridgehead atoms. The fourth-order valence-electron chi connectivity index (χ4n) is 5.09. The lowest BCUT2D eigenvalue weighted by atomic mass is 9.71. The highest BCUT2D eigenvalue weighted by Crippen LogP contribution is 2.47. The van der Waals surface area contributed by atoms with Crippen LogP contribution < -0.4 is 0 Å². The predicted molar refractivity (Wildman–Crippen MR) is 101 cm³/mol. The van der Waals surface area contributed by atoms with E-state index in [1.807, 2.05) is 19.2 Å². The molecule has 3 fully saturated rings. The number of methoxy groups -OCH3 is 1. The van der Waals surface area contributed by atoms with E-state index in [2.05, 4.69) is 14.8 Å². The molecule has 1 aromatic rings. The van der Waals surface area contributed by atoms with Gasteiger partial charge in [0, 0.05) is 57.6 Å². The van der Waals surface area contributed by atoms with Gasteiger partial charge in [-0.3, -0.25) is 14.7 Å². The molecular formula is C21H31N3O2. The molecule has 3 heterocycles. The molecule has 1 aromatic heterocycles. The van der Waals surface area contributed by atoms with E-state index in [4.69, 9.17) is 4.74 Å². The summed E-state index contributed by atoms with van der Waals surface area (Å²) in [5.41, 5.74) is 1.40. The Morgan fingerprint density at radius 1 is 1.27 bits per heavy atom. The van der Waals surface area contributed by atoms with E-state index < -0.39 is 0 Å². The van der Waals surface area contributed by atoms with Crippen LogP contribution in [0.5, 0.6) is 0 Å². The number of hydrogen-bond acceptors (Lipinski definition) is 4. The molecule has 1 aliphatic carbocycles. The highest BCUT2D eigenvalue weighted by atomic mass is 16.5. The molecule has 2 aliphatic heterocycles. The van der Waals surface area contributed by atoms with Crippen LogP contribution >= 0.6 is 0 Å². The summed E-state index contributed by atoms with van der Waals surface area (Å²) in [6.07, 6.45) is 10.4. The van der Waals surface area contributed by atoms with E-state index in [1.54, 1.807) is 12.4 Å². The molecule has 4 rings (SSSR count). The number of ether oxygens (including phenoxy) is 1. The molecule has 0 aromatic carbocycles. The van der Waals surface area contributed by atoms with Gasteiger partial charge in [-0.05, 0) is 48.8 Å². The number of aromatic nitrogens is 1. The number of carbonyl (C=O) groups excluding carboxylic acids is 1. The van der Waals surface area contributed by atoms with Crippen LogP contribution in [0.3, 0.4) is 0 Å². The first kappa shape index (κ1) is 17.9. The van der Waals surface area contributed by atoms with Crippen LogP contribution in [0.2, 0.25) is 0 Å². The van der Waals surface area contributed by atoms with Crippen LogP contribution in [0.1, 0.15) is 37.7 Å². The number of nitrogens with zero attached hydrogens (tertiary/aromatic N) is 3. The third-order valence-corrected chi connectivity index (χ3v) is 7.01. The minimum absolute atomic E-state index is 0.253. The highest BCUT2D eigenvalue weighted by Gasteiger charge is 2.50. The van der Waals surface area contributed by atoms with Crippen molar-refractivity contribution in [2.75, 3.05) is 39.9 Å². The standard InChI is InChI=1S/C21H31N3O2/c1-26-15-18-14-24(19-3-2-4-19)16-21(18)7-11-23(12-8-21)20(25)13-17-5-9-22-10-6-17/h5-6,9-10,18-19H,2-4,7-8,11-16H2,1H3. The van der Waals surface area contributed by atoms with Crippen LogP contribution in [0.4, 0.5) is 0 Å². The van der Waals surface area contributed by atoms with Crippen LogP contribution in [0.15, 0.2) is 24.5 Å². The van der Waals surface area contributed by atoms with E-state index in [0.717, 1.165) is 44.1 Å². The van der Waals surface area contributed by atoms with Crippen molar-refractivity contribution in [2.45, 2.75) is 44.6 Å². The molecule has 26 heavy (non-hydrogen) atoms. The minimum Gasteiger partial charge on any atom is -0.384 e. The third-order valence-electron chi connectivity index (χ3n) is 7.01. The minimum atomic E-state index is 0.253. The molecule has 142 valence electrons. The molecule has 1 spiro atoms. The number of hydrogen-bond donors (Lipinski definition) is 0. The SMILES string of the molecule is COCC1CN(C2CCC2)CC12CCN(C(=O)Cc1ccncc1)CC2. The van der Waals surface area contributed by atoms with Crippen LogP contribution in [0, 0.1) is 11.3 Å². The zero-order valence-electron chi connectivity index (χ0n) is 15.9. The van der Waals surface area contributed by atoms with Gasteiger partial charge < -0.3 is 9.64 Å². The Kier molecular flexibility index (Phi) is 5.28. The first-order chi connectivity index (χ1) is 12.7. The molecule has 1 saturated carbocycles. The second-order valence-electron chi connectivity index (χ2n) is 8.44. The Hall–Kier alpha value is -1.46. The second-order valence-corrected chi connectivity index (χ2v) is 8.44. The van der Waals surface area contributed by atoms with E-state index in [9.17, 15) is 4.79 Å². The van der Waals surface area contributed by atoms with Crippen LogP contribution in [0.25, 0.3) is 0 Å². The van der Waals surface area contributed by atoms with Crippen molar-refractivity contribution in [3.05, 3.63) is 30.1 Å². The summed E-state index contributed by atoms with van der Waals surface area (Å²) in [6, 6.07) is 4.68. The lowest BCUT2D eigenvalue weighted by Crippen LogP contribution is -2.48. The van der Waals surface area contributed by atoms with Crippen molar-refractivity contribution in [2.24, 2.45) is 11.3 Å². The Morgan fingerprint density at radius 3 is 2.62 bits per heavy atom. The molecule has 1 amide bonds. The zero-order valence-corrected chi connectivity index (χ0v) is 15.9. The van der Waals surface area contributed by atoms with Crippen molar-refractivity contribution in [3.63, 3.8) is 0 Å². The summed E-state index contributed by atoms with van der Waals surface area (Å²) in [4.78, 5) is 21.5. The monoisotopic (exact) mass is 357 g/mol. The molecule has 0 radical (unpaired) electrons. The number of carbonyl (C=O) groups is 1. The quantitative estimate of drug-likeness (QED) is 0.812. The van der Waals surface area contributed by atoms with Crippen molar-refractivity contribution in [1.29, 1.82) is 0 Å². The Bertz CT molecular complexity index is 609. The molecule has 5 nitrogen and oxygen atoms in total. The molecule has 5 heteroatoms. The maximum absolute atomic E-state index is 12.7. The summed E-state index contributed by atoms with van der Waals surface area (Å²) in [7, 11) is 1.83. The maximum atomic E-state index is 12.7. The Balaban J connectivity index is 1.37. The van der Waals surface area contributed by atoms with Gasteiger partial charge in [0.1, 0.15) is 0 Å². The number of piperidine rings is 1. The van der Waals surface area contributed by atoms with Gasteiger partial charge in [0.25, 0.3) is 0 Å². The molecule has 0 N–H and O–H groups in total. The van der Waals surface area contributed by atoms with Gasteiger partial charge in [-0.1, -0.05) is 6.42 Å². The van der Waals surface area contributed by atoms with Gasteiger partial charge >= 0.3 is 0 Å². The first-order valence-electron chi connectivity index (χ1n) is 10.1. The van der Waals surface area contributed by atoms with Crippen LogP contribution in [-0.4, -0.2) is 66.6 Å². The van der Waals surface area contributed by atoms with Crippen molar-refractivity contribution in [1.82, 2.24) is 14.8 Å². The summed E-state index contributed by atoms with van der Waals surface area (Å²) >= 11 is 0. The maximum Gasteiger partial charge on any atom is 0.226 e. The molecule has 2 saturated heterocycles. The lowest BCUT2D eigenvalue weighted by molar-refractivity contribution is -0.133. The van der Waals surface area contributed by atoms with Gasteiger partial charge in [0.15, 0.2) is 0 Å². The number of rotatable bonds is 5. The fourth-order valence-corrected chi connectivity index (χ4v) is 5.09. The van der Waals surface area contributed by atoms with Gasteiger partial charge in [-0.2, -0.15) is 0 Å². The van der Waals surface area contributed by atoms with Crippen LogP contribution in [-0.2, 0) is 16.0 Å². The van der Waals surface area contributed by atoms with Gasteiger partial charge in [-0.25, -0.2) is 0 Å². The average Bonchev–Trinajstić information content (AvgIpc) is 2.92. The van der Waals surface area contributed by atoms with E-state index in [-0.39, 0.29) is 5.91 Å². The summed E-state index contributed by atoms with van der Waals surface area (Å²) in [6.45, 7) is 5.03. The largest absolute Gasteiger partial charge is 0.384 e. The Morgan fingerprint density at radius 2 is 2.00 bits per heavy atom. The lowest BCUT2D eigenvalue weighted by Gasteiger charge is -2.43. The topological polar surface area (TPSA) is 45.7 Å². The number of amides is 1. The molecular weight excluding hydrogens is 326 g/mol. The smallest absolute Gasteiger partial charge is 0.226 e. The number of likely N-dealkylation sites (tertiary alicyclic amines) is 2. The van der Waals surface area contributed by atoms with E-state index in [0.29, 0.717) is 17.8 Å². The van der Waals surface area contributed by atoms with E-state index >= 15 is 0 Å². The average molecular weight is 357 g/mol. The molecule has 3 aliphatic rings. The molecule has 1 atom stereocenters. The summed E-state index contributed by atoms with van der Waals surface area (Å²) in [5.74, 6) is 0.869. The second kappa shape index (κ2) is 7.65. The first-order valence-corrected chi connectivity index (χ1v) is 10.1. The predicted octanol–water partition coefficient (Wildman–Crippen LogP) is 2.36. The summed E-state index contributed by atoms with van der Waals surface area (Å²) < 4.78 is 5.57. The Labute approximate surface area is 156 Å². The highest BCUT2D eigenvalue weighted by molar-refractivity contribution is 5.78.